The average molecular weight is 395 g/mol. The van der Waals surface area contributed by atoms with Gasteiger partial charge in [0, 0.05) is 19.1 Å². The molecule has 5 heteroatoms. The van der Waals surface area contributed by atoms with Crippen LogP contribution in [0, 0.1) is 0 Å². The molecular formula is C24H30N2O3. The van der Waals surface area contributed by atoms with E-state index >= 15 is 0 Å². The molecule has 1 N–H and O–H groups in total. The van der Waals surface area contributed by atoms with Gasteiger partial charge in [-0.05, 0) is 44.7 Å². The molecule has 2 amide bonds. The molecule has 0 atom stereocenters. The molecule has 5 nitrogen and oxygen atoms in total. The van der Waals surface area contributed by atoms with Crippen LogP contribution in [0.15, 0.2) is 60.7 Å². The largest absolute Gasteiger partial charge is 0.444 e. The minimum atomic E-state index is -0.499. The van der Waals surface area contributed by atoms with Crippen molar-refractivity contribution in [1.82, 2.24) is 10.2 Å². The van der Waals surface area contributed by atoms with E-state index in [1.807, 2.05) is 81.4 Å². The maximum Gasteiger partial charge on any atom is 0.410 e. The summed E-state index contributed by atoms with van der Waals surface area (Å²) in [5.74, 6) is -0.348. The quantitative estimate of drug-likeness (QED) is 0.839. The molecule has 0 radical (unpaired) electrons. The number of carbonyl (C=O) groups is 2. The molecule has 154 valence electrons. The van der Waals surface area contributed by atoms with Crippen molar-refractivity contribution in [2.75, 3.05) is 13.1 Å². The molecule has 0 bridgehead atoms. The molecule has 1 aliphatic heterocycles. The summed E-state index contributed by atoms with van der Waals surface area (Å²) in [5.41, 5.74) is 1.45. The lowest BCUT2D eigenvalue weighted by Crippen LogP contribution is -2.48. The lowest BCUT2D eigenvalue weighted by atomic mass is 9.90. The van der Waals surface area contributed by atoms with E-state index in [-0.39, 0.29) is 24.0 Å². The first-order chi connectivity index (χ1) is 13.8. The molecular weight excluding hydrogens is 364 g/mol. The summed E-state index contributed by atoms with van der Waals surface area (Å²) < 4.78 is 5.45. The number of piperidine rings is 1. The predicted octanol–water partition coefficient (Wildman–Crippen LogP) is 4.33. The second-order valence-corrected chi connectivity index (χ2v) is 8.50. The molecule has 0 unspecified atom stereocenters. The Balaban J connectivity index is 1.63. The molecule has 0 saturated carbocycles. The normalized spacial score (nSPS) is 15.2. The Morgan fingerprint density at radius 2 is 1.41 bits per heavy atom. The van der Waals surface area contributed by atoms with Gasteiger partial charge in [0.15, 0.2) is 0 Å². The average Bonchev–Trinajstić information content (AvgIpc) is 2.69. The number of rotatable bonds is 4. The van der Waals surface area contributed by atoms with Gasteiger partial charge in [0.1, 0.15) is 5.60 Å². The zero-order valence-corrected chi connectivity index (χ0v) is 17.4. The van der Waals surface area contributed by atoms with Crippen LogP contribution in [0.1, 0.15) is 50.7 Å². The summed E-state index contributed by atoms with van der Waals surface area (Å²) in [6, 6.07) is 19.7. The van der Waals surface area contributed by atoms with Crippen LogP contribution in [-0.2, 0) is 9.53 Å². The Bertz CT molecular complexity index is 768. The van der Waals surface area contributed by atoms with Crippen molar-refractivity contribution in [3.05, 3.63) is 71.8 Å². The van der Waals surface area contributed by atoms with Gasteiger partial charge in [-0.1, -0.05) is 60.7 Å². The number of carbonyl (C=O) groups excluding carboxylic acids is 2. The maximum atomic E-state index is 13.2. The van der Waals surface area contributed by atoms with Crippen LogP contribution >= 0.6 is 0 Å². The summed E-state index contributed by atoms with van der Waals surface area (Å²) in [6.45, 7) is 6.77. The third-order valence-electron chi connectivity index (χ3n) is 5.02. The minimum Gasteiger partial charge on any atom is -0.444 e. The van der Waals surface area contributed by atoms with Crippen molar-refractivity contribution in [2.24, 2.45) is 0 Å². The molecule has 2 aromatic carbocycles. The van der Waals surface area contributed by atoms with Crippen molar-refractivity contribution in [3.8, 4) is 0 Å². The summed E-state index contributed by atoms with van der Waals surface area (Å²) in [4.78, 5) is 27.2. The summed E-state index contributed by atoms with van der Waals surface area (Å²) in [6.07, 6.45) is 1.16. The molecule has 0 spiro atoms. The second kappa shape index (κ2) is 9.12. The van der Waals surface area contributed by atoms with Gasteiger partial charge in [0.2, 0.25) is 5.91 Å². The number of benzene rings is 2. The van der Waals surface area contributed by atoms with Gasteiger partial charge < -0.3 is 15.0 Å². The van der Waals surface area contributed by atoms with E-state index in [0.717, 1.165) is 24.0 Å². The smallest absolute Gasteiger partial charge is 0.410 e. The molecule has 0 aliphatic carbocycles. The lowest BCUT2D eigenvalue weighted by Gasteiger charge is -2.34. The van der Waals surface area contributed by atoms with E-state index in [1.54, 1.807) is 4.90 Å². The molecule has 1 saturated heterocycles. The SMILES string of the molecule is CC(C)(C)OC(=O)N1CCC(NC(=O)C(c2ccccc2)c2ccccc2)CC1. The number of hydrogen-bond donors (Lipinski definition) is 1. The molecule has 29 heavy (non-hydrogen) atoms. The number of nitrogens with zero attached hydrogens (tertiary/aromatic N) is 1. The Morgan fingerprint density at radius 3 is 1.86 bits per heavy atom. The Labute approximate surface area is 173 Å². The maximum absolute atomic E-state index is 13.2. The first kappa shape index (κ1) is 20.9. The molecule has 3 rings (SSSR count). The highest BCUT2D eigenvalue weighted by molar-refractivity contribution is 5.87. The Hall–Kier alpha value is -2.82. The van der Waals surface area contributed by atoms with E-state index in [2.05, 4.69) is 5.32 Å². The van der Waals surface area contributed by atoms with Crippen molar-refractivity contribution >= 4 is 12.0 Å². The van der Waals surface area contributed by atoms with E-state index in [0.29, 0.717) is 13.1 Å². The highest BCUT2D eigenvalue weighted by atomic mass is 16.6. The zero-order chi connectivity index (χ0) is 20.9. The van der Waals surface area contributed by atoms with Crippen LogP contribution in [0.3, 0.4) is 0 Å². The van der Waals surface area contributed by atoms with Gasteiger partial charge in [-0.15, -0.1) is 0 Å². The number of ether oxygens (including phenoxy) is 1. The lowest BCUT2D eigenvalue weighted by molar-refractivity contribution is -0.122. The number of likely N-dealkylation sites (tertiary alicyclic amines) is 1. The Morgan fingerprint density at radius 1 is 0.931 bits per heavy atom. The van der Waals surface area contributed by atoms with Crippen molar-refractivity contribution in [3.63, 3.8) is 0 Å². The van der Waals surface area contributed by atoms with Crippen LogP contribution in [0.4, 0.5) is 4.79 Å². The van der Waals surface area contributed by atoms with Gasteiger partial charge >= 0.3 is 6.09 Å². The summed E-state index contributed by atoms with van der Waals surface area (Å²) in [7, 11) is 0. The van der Waals surface area contributed by atoms with E-state index < -0.39 is 5.60 Å². The standard InChI is InChI=1S/C24H30N2O3/c1-24(2,3)29-23(28)26-16-14-20(15-17-26)25-22(27)21(18-10-6-4-7-11-18)19-12-8-5-9-13-19/h4-13,20-21H,14-17H2,1-3H3,(H,25,27). The van der Waals surface area contributed by atoms with Crippen molar-refractivity contribution in [2.45, 2.75) is 51.2 Å². The number of amides is 2. The van der Waals surface area contributed by atoms with Gasteiger partial charge in [-0.25, -0.2) is 4.79 Å². The molecule has 1 aliphatic rings. The Kier molecular flexibility index (Phi) is 6.57. The summed E-state index contributed by atoms with van der Waals surface area (Å²) in [5, 5.41) is 3.21. The van der Waals surface area contributed by atoms with Gasteiger partial charge in [0.25, 0.3) is 0 Å². The molecule has 2 aromatic rings. The first-order valence-electron chi connectivity index (χ1n) is 10.2. The van der Waals surface area contributed by atoms with Gasteiger partial charge in [-0.2, -0.15) is 0 Å². The molecule has 0 aromatic heterocycles. The summed E-state index contributed by atoms with van der Waals surface area (Å²) >= 11 is 0. The third-order valence-corrected chi connectivity index (χ3v) is 5.02. The monoisotopic (exact) mass is 394 g/mol. The van der Waals surface area contributed by atoms with Crippen molar-refractivity contribution < 1.29 is 14.3 Å². The van der Waals surface area contributed by atoms with Gasteiger partial charge in [-0.3, -0.25) is 4.79 Å². The van der Waals surface area contributed by atoms with Crippen LogP contribution in [0.5, 0.6) is 0 Å². The van der Waals surface area contributed by atoms with E-state index in [9.17, 15) is 9.59 Å². The number of hydrogen-bond acceptors (Lipinski definition) is 3. The topological polar surface area (TPSA) is 58.6 Å². The van der Waals surface area contributed by atoms with Crippen molar-refractivity contribution in [1.29, 1.82) is 0 Å². The molecule has 1 heterocycles. The van der Waals surface area contributed by atoms with Crippen LogP contribution in [-0.4, -0.2) is 41.6 Å². The number of nitrogens with one attached hydrogen (secondary N) is 1. The van der Waals surface area contributed by atoms with Crippen LogP contribution in [0.25, 0.3) is 0 Å². The second-order valence-electron chi connectivity index (χ2n) is 8.50. The fraction of sp³-hybridized carbons (Fsp3) is 0.417. The third kappa shape index (κ3) is 5.83. The predicted molar refractivity (Wildman–Crippen MR) is 114 cm³/mol. The highest BCUT2D eigenvalue weighted by Gasteiger charge is 2.30. The zero-order valence-electron chi connectivity index (χ0n) is 17.4. The first-order valence-corrected chi connectivity index (χ1v) is 10.2. The molecule has 1 fully saturated rings. The van der Waals surface area contributed by atoms with Crippen LogP contribution < -0.4 is 5.32 Å². The minimum absolute atomic E-state index is 0.00174. The fourth-order valence-electron chi connectivity index (χ4n) is 3.60. The fourth-order valence-corrected chi connectivity index (χ4v) is 3.60. The van der Waals surface area contributed by atoms with E-state index in [1.165, 1.54) is 0 Å². The van der Waals surface area contributed by atoms with Crippen LogP contribution in [0.2, 0.25) is 0 Å². The van der Waals surface area contributed by atoms with Gasteiger partial charge in [0.05, 0.1) is 5.92 Å². The highest BCUT2D eigenvalue weighted by Crippen LogP contribution is 2.25. The van der Waals surface area contributed by atoms with E-state index in [4.69, 9.17) is 4.74 Å².